The van der Waals surface area contributed by atoms with E-state index in [0.717, 1.165) is 54.6 Å². The van der Waals surface area contributed by atoms with Gasteiger partial charge in [-0.05, 0) is 37.1 Å². The Bertz CT molecular complexity index is 1020. The molecule has 1 saturated heterocycles. The van der Waals surface area contributed by atoms with E-state index < -0.39 is 17.7 Å². The Morgan fingerprint density at radius 1 is 1.32 bits per heavy atom. The molecular weight excluding hydrogens is 364 g/mol. The number of nitrogens with one attached hydrogen (secondary N) is 1. The summed E-state index contributed by atoms with van der Waals surface area (Å²) in [5.74, 6) is -0.273. The van der Waals surface area contributed by atoms with Gasteiger partial charge in [0.25, 0.3) is 0 Å². The van der Waals surface area contributed by atoms with E-state index in [1.54, 1.807) is 11.1 Å². The van der Waals surface area contributed by atoms with Gasteiger partial charge in [0.15, 0.2) is 5.65 Å². The van der Waals surface area contributed by atoms with Crippen molar-refractivity contribution in [2.45, 2.75) is 32.2 Å². The topological polar surface area (TPSA) is 63.1 Å². The molecule has 0 spiro atoms. The summed E-state index contributed by atoms with van der Waals surface area (Å²) in [6.07, 6.45) is 3.46. The fourth-order valence-electron chi connectivity index (χ4n) is 3.67. The molecule has 0 radical (unpaired) electrons. The summed E-state index contributed by atoms with van der Waals surface area (Å²) >= 11 is 0. The predicted molar refractivity (Wildman–Crippen MR) is 102 cm³/mol. The smallest absolute Gasteiger partial charge is 0.321 e. The van der Waals surface area contributed by atoms with Crippen LogP contribution >= 0.6 is 0 Å². The van der Waals surface area contributed by atoms with Gasteiger partial charge in [0.2, 0.25) is 0 Å². The number of carbonyl (C=O) groups is 1. The fraction of sp³-hybridized carbons (Fsp3) is 0.350. The zero-order valence-corrected chi connectivity index (χ0v) is 15.5. The van der Waals surface area contributed by atoms with E-state index in [1.165, 1.54) is 0 Å². The number of hydrogen-bond donors (Lipinski definition) is 1. The molecule has 0 saturated carbocycles. The molecule has 1 atom stereocenters. The molecule has 0 bridgehead atoms. The van der Waals surface area contributed by atoms with Crippen molar-refractivity contribution in [1.82, 2.24) is 19.4 Å². The molecule has 0 aliphatic carbocycles. The number of anilines is 1. The fourth-order valence-corrected chi connectivity index (χ4v) is 3.67. The Balaban J connectivity index is 1.52. The first kappa shape index (κ1) is 18.3. The second-order valence-corrected chi connectivity index (χ2v) is 6.95. The van der Waals surface area contributed by atoms with Crippen LogP contribution in [0.25, 0.3) is 11.2 Å². The molecule has 1 aliphatic heterocycles. The van der Waals surface area contributed by atoms with Crippen LogP contribution in [0.1, 0.15) is 31.5 Å². The third-order valence-electron chi connectivity index (χ3n) is 4.99. The number of nitrogens with zero attached hydrogens (tertiary/aromatic N) is 4. The van der Waals surface area contributed by atoms with Crippen LogP contribution in [0.4, 0.5) is 19.3 Å². The van der Waals surface area contributed by atoms with Gasteiger partial charge in [0.05, 0.1) is 5.69 Å². The molecule has 1 aromatic carbocycles. The molecule has 3 aromatic rings. The van der Waals surface area contributed by atoms with Gasteiger partial charge in [0.1, 0.15) is 23.0 Å². The van der Waals surface area contributed by atoms with Crippen molar-refractivity contribution in [2.75, 3.05) is 18.4 Å². The number of carbonyl (C=O) groups excluding carboxylic acids is 1. The van der Waals surface area contributed by atoms with Gasteiger partial charge in [-0.3, -0.25) is 0 Å². The minimum atomic E-state index is -0.665. The van der Waals surface area contributed by atoms with E-state index >= 15 is 0 Å². The van der Waals surface area contributed by atoms with E-state index in [-0.39, 0.29) is 11.6 Å². The van der Waals surface area contributed by atoms with Crippen LogP contribution in [-0.4, -0.2) is 38.6 Å². The van der Waals surface area contributed by atoms with Crippen LogP contribution in [0.5, 0.6) is 0 Å². The van der Waals surface area contributed by atoms with Gasteiger partial charge in [-0.25, -0.2) is 23.5 Å². The molecule has 6 nitrogen and oxygen atoms in total. The Kier molecular flexibility index (Phi) is 4.93. The van der Waals surface area contributed by atoms with Crippen molar-refractivity contribution in [2.24, 2.45) is 0 Å². The molecule has 4 rings (SSSR count). The first-order valence-electron chi connectivity index (χ1n) is 9.39. The van der Waals surface area contributed by atoms with Crippen LogP contribution in [0.2, 0.25) is 0 Å². The molecule has 2 aromatic heterocycles. The quantitative estimate of drug-likeness (QED) is 0.734. The highest BCUT2D eigenvalue weighted by Crippen LogP contribution is 2.30. The summed E-state index contributed by atoms with van der Waals surface area (Å²) in [6.45, 7) is 3.90. The molecule has 146 valence electrons. The molecule has 1 aliphatic rings. The Labute approximate surface area is 161 Å². The van der Waals surface area contributed by atoms with Crippen molar-refractivity contribution < 1.29 is 13.6 Å². The number of halogens is 2. The number of urea groups is 1. The van der Waals surface area contributed by atoms with Crippen LogP contribution in [0.3, 0.4) is 0 Å². The Hall–Kier alpha value is -3.03. The Morgan fingerprint density at radius 2 is 2.18 bits per heavy atom. The largest absolute Gasteiger partial charge is 0.324 e. The van der Waals surface area contributed by atoms with Crippen LogP contribution < -0.4 is 5.32 Å². The van der Waals surface area contributed by atoms with Gasteiger partial charge in [-0.2, -0.15) is 0 Å². The molecule has 3 heterocycles. The minimum absolute atomic E-state index is 0.0730. The van der Waals surface area contributed by atoms with E-state index in [9.17, 15) is 13.6 Å². The summed E-state index contributed by atoms with van der Waals surface area (Å²) in [6, 6.07) is 6.35. The zero-order valence-electron chi connectivity index (χ0n) is 15.5. The number of rotatable bonds is 4. The lowest BCUT2D eigenvalue weighted by Gasteiger charge is -2.18. The van der Waals surface area contributed by atoms with Crippen molar-refractivity contribution in [3.05, 3.63) is 54.0 Å². The molecule has 0 unspecified atom stereocenters. The van der Waals surface area contributed by atoms with E-state index in [0.29, 0.717) is 13.1 Å². The van der Waals surface area contributed by atoms with E-state index in [1.807, 2.05) is 12.1 Å². The first-order valence-corrected chi connectivity index (χ1v) is 9.39. The number of pyridine rings is 1. The monoisotopic (exact) mass is 385 g/mol. The molecule has 8 heteroatoms. The summed E-state index contributed by atoms with van der Waals surface area (Å²) in [7, 11) is 0. The van der Waals surface area contributed by atoms with E-state index in [4.69, 9.17) is 4.98 Å². The van der Waals surface area contributed by atoms with Gasteiger partial charge >= 0.3 is 6.03 Å². The van der Waals surface area contributed by atoms with Gasteiger partial charge in [0, 0.05) is 37.8 Å². The minimum Gasteiger partial charge on any atom is -0.324 e. The number of imidazole rings is 1. The summed E-state index contributed by atoms with van der Waals surface area (Å²) in [5.41, 5.74) is 1.54. The number of likely N-dealkylation sites (tertiary alicyclic amines) is 1. The maximum atomic E-state index is 13.8. The van der Waals surface area contributed by atoms with Crippen molar-refractivity contribution in [3.8, 4) is 0 Å². The lowest BCUT2D eigenvalue weighted by Crippen LogP contribution is -2.33. The van der Waals surface area contributed by atoms with Crippen molar-refractivity contribution >= 4 is 22.9 Å². The number of amides is 2. The maximum absolute atomic E-state index is 13.8. The van der Waals surface area contributed by atoms with Crippen LogP contribution in [0.15, 0.2) is 36.5 Å². The summed E-state index contributed by atoms with van der Waals surface area (Å²) in [4.78, 5) is 23.3. The zero-order chi connectivity index (χ0) is 19.7. The highest BCUT2D eigenvalue weighted by Gasteiger charge is 2.31. The average Bonchev–Trinajstić information content (AvgIpc) is 3.30. The lowest BCUT2D eigenvalue weighted by molar-refractivity contribution is 0.221. The number of aromatic nitrogens is 3. The number of hydrogen-bond acceptors (Lipinski definition) is 3. The standard InChI is InChI=1S/C20H21F2N5O/c1-2-9-27-18(24-16-4-3-8-23-19(16)27)13-7-10-26(12-13)20(28)25-17-11-14(21)5-6-15(17)22/h3-6,8,11,13H,2,7,9-10,12H2,1H3,(H,25,28)/t13-/m1/s1. The third-order valence-corrected chi connectivity index (χ3v) is 4.99. The highest BCUT2D eigenvalue weighted by molar-refractivity contribution is 5.89. The Morgan fingerprint density at radius 3 is 3.00 bits per heavy atom. The first-order chi connectivity index (χ1) is 13.6. The molecule has 1 N–H and O–H groups in total. The normalized spacial score (nSPS) is 16.7. The molecular formula is C20H21F2N5O. The number of benzene rings is 1. The number of aryl methyl sites for hydroxylation is 1. The third kappa shape index (κ3) is 3.42. The lowest BCUT2D eigenvalue weighted by atomic mass is 10.1. The second kappa shape index (κ2) is 7.53. The van der Waals surface area contributed by atoms with Crippen LogP contribution in [-0.2, 0) is 6.54 Å². The second-order valence-electron chi connectivity index (χ2n) is 6.95. The summed E-state index contributed by atoms with van der Waals surface area (Å²) < 4.78 is 29.2. The maximum Gasteiger partial charge on any atom is 0.321 e. The van der Waals surface area contributed by atoms with Crippen molar-refractivity contribution in [3.63, 3.8) is 0 Å². The predicted octanol–water partition coefficient (Wildman–Crippen LogP) is 4.14. The SMILES string of the molecule is CCCn1c([C@@H]2CCN(C(=O)Nc3cc(F)ccc3F)C2)nc2cccnc21. The molecule has 28 heavy (non-hydrogen) atoms. The van der Waals surface area contributed by atoms with Crippen LogP contribution in [0, 0.1) is 11.6 Å². The molecule has 2 amide bonds. The van der Waals surface area contributed by atoms with Gasteiger partial charge < -0.3 is 14.8 Å². The number of fused-ring (bicyclic) bond motifs is 1. The van der Waals surface area contributed by atoms with Crippen molar-refractivity contribution in [1.29, 1.82) is 0 Å². The van der Waals surface area contributed by atoms with Gasteiger partial charge in [-0.1, -0.05) is 6.92 Å². The molecule has 1 fully saturated rings. The summed E-state index contributed by atoms with van der Waals surface area (Å²) in [5, 5.41) is 2.46. The van der Waals surface area contributed by atoms with E-state index in [2.05, 4.69) is 21.8 Å². The highest BCUT2D eigenvalue weighted by atomic mass is 19.1. The average molecular weight is 385 g/mol. The van der Waals surface area contributed by atoms with Gasteiger partial charge in [-0.15, -0.1) is 0 Å².